The van der Waals surface area contributed by atoms with Crippen LogP contribution in [0.2, 0.25) is 0 Å². The van der Waals surface area contributed by atoms with Crippen molar-refractivity contribution in [3.8, 4) is 5.75 Å². The predicted molar refractivity (Wildman–Crippen MR) is 130 cm³/mol. The van der Waals surface area contributed by atoms with Crippen LogP contribution in [0.1, 0.15) is 0 Å². The molecule has 0 aliphatic rings. The van der Waals surface area contributed by atoms with Crippen LogP contribution >= 0.6 is 0 Å². The van der Waals surface area contributed by atoms with Gasteiger partial charge in [-0.1, -0.05) is 24.3 Å². The number of nitrogen functional groups attached to an aromatic ring is 2. The minimum Gasteiger partial charge on any atom is -0.744 e. The van der Waals surface area contributed by atoms with E-state index < -0.39 is 15.0 Å². The van der Waals surface area contributed by atoms with Crippen LogP contribution in [0.3, 0.4) is 0 Å². The van der Waals surface area contributed by atoms with Crippen LogP contribution in [0, 0.1) is 10.1 Å². The van der Waals surface area contributed by atoms with E-state index >= 15 is 0 Å². The van der Waals surface area contributed by atoms with Crippen molar-refractivity contribution in [2.45, 2.75) is 4.90 Å². The Kier molecular flexibility index (Phi) is 8.20. The normalized spacial score (nSPS) is 11.7. The van der Waals surface area contributed by atoms with Gasteiger partial charge in [-0.05, 0) is 30.3 Å². The van der Waals surface area contributed by atoms with Crippen LogP contribution in [0.25, 0.3) is 10.8 Å². The second-order valence-electron chi connectivity index (χ2n) is 7.38. The summed E-state index contributed by atoms with van der Waals surface area (Å²) in [7, 11) is -4.70. The molecule has 4 rings (SSSR count). The van der Waals surface area contributed by atoms with E-state index in [1.807, 2.05) is 0 Å². The Morgan fingerprint density at radius 3 is 1.95 bits per heavy atom. The summed E-state index contributed by atoms with van der Waals surface area (Å²) in [4.78, 5) is 9.94. The van der Waals surface area contributed by atoms with Crippen molar-refractivity contribution in [3.63, 3.8) is 0 Å². The summed E-state index contributed by atoms with van der Waals surface area (Å²) in [6, 6.07) is 14.8. The summed E-state index contributed by atoms with van der Waals surface area (Å²) in [6.07, 6.45) is 0. The fraction of sp³-hybridized carbons (Fsp3) is 0. The zero-order chi connectivity index (χ0) is 26.0. The van der Waals surface area contributed by atoms with Crippen LogP contribution in [-0.2, 0) is 10.1 Å². The molecule has 4 aromatic carbocycles. The van der Waals surface area contributed by atoms with Gasteiger partial charge in [0, 0.05) is 22.9 Å². The molecule has 0 amide bonds. The van der Waals surface area contributed by atoms with Crippen molar-refractivity contribution in [3.05, 3.63) is 76.8 Å². The minimum absolute atomic E-state index is 0. The number of nitro benzene ring substituents is 1. The molecule has 0 radical (unpaired) electrons. The number of benzene rings is 4. The molecule has 13 nitrogen and oxygen atoms in total. The molecule has 0 atom stereocenters. The zero-order valence-corrected chi connectivity index (χ0v) is 22.0. The van der Waals surface area contributed by atoms with Gasteiger partial charge in [0.25, 0.3) is 5.69 Å². The average molecular weight is 529 g/mol. The molecule has 0 saturated heterocycles. The molecule has 5 N–H and O–H groups in total. The van der Waals surface area contributed by atoms with E-state index in [9.17, 15) is 28.2 Å². The van der Waals surface area contributed by atoms with Gasteiger partial charge in [0.2, 0.25) is 0 Å². The molecule has 0 aromatic heterocycles. The molecule has 4 aromatic rings. The van der Waals surface area contributed by atoms with E-state index in [1.54, 1.807) is 12.1 Å². The summed E-state index contributed by atoms with van der Waals surface area (Å²) in [5.41, 5.74) is 12.3. The Hall–Kier alpha value is -3.95. The maximum Gasteiger partial charge on any atom is 1.00 e. The largest absolute Gasteiger partial charge is 1.00 e. The Morgan fingerprint density at radius 1 is 0.757 bits per heavy atom. The molecule has 0 bridgehead atoms. The zero-order valence-electron chi connectivity index (χ0n) is 19.1. The first-order chi connectivity index (χ1) is 17.0. The quantitative estimate of drug-likeness (QED) is 0.0837. The summed E-state index contributed by atoms with van der Waals surface area (Å²) in [6.45, 7) is 0. The van der Waals surface area contributed by atoms with E-state index in [2.05, 4.69) is 20.5 Å². The minimum atomic E-state index is -4.70. The molecular formula is C22H16N7NaO6S. The SMILES string of the molecule is Nc1cc(N)c(N=Nc2cccc3c(S(=O)(=O)[O-])cccc23)cc1N=Nc1cc([N+](=O)[O-])ccc1O.[Na+]. The fourth-order valence-corrected chi connectivity index (χ4v) is 3.97. The summed E-state index contributed by atoms with van der Waals surface area (Å²) < 4.78 is 34.7. The first-order valence-corrected chi connectivity index (χ1v) is 11.4. The molecule has 0 unspecified atom stereocenters. The van der Waals surface area contributed by atoms with Gasteiger partial charge >= 0.3 is 29.6 Å². The van der Waals surface area contributed by atoms with Gasteiger partial charge in [0.15, 0.2) is 0 Å². The summed E-state index contributed by atoms with van der Waals surface area (Å²) in [5, 5.41) is 37.5. The van der Waals surface area contributed by atoms with Crippen molar-refractivity contribution in [1.82, 2.24) is 0 Å². The van der Waals surface area contributed by atoms with E-state index in [-0.39, 0.29) is 85.4 Å². The van der Waals surface area contributed by atoms with Crippen LogP contribution in [0.4, 0.5) is 39.8 Å². The van der Waals surface area contributed by atoms with Crippen molar-refractivity contribution >= 4 is 60.7 Å². The number of hydrogen-bond acceptors (Lipinski definition) is 12. The molecule has 0 aliphatic heterocycles. The van der Waals surface area contributed by atoms with Crippen LogP contribution in [0.15, 0.2) is 92.1 Å². The fourth-order valence-electron chi connectivity index (χ4n) is 3.28. The number of hydrogen-bond donors (Lipinski definition) is 3. The number of non-ortho nitro benzene ring substituents is 1. The Morgan fingerprint density at radius 2 is 1.32 bits per heavy atom. The molecule has 37 heavy (non-hydrogen) atoms. The van der Waals surface area contributed by atoms with Crippen molar-refractivity contribution < 1.29 is 52.6 Å². The van der Waals surface area contributed by atoms with Gasteiger partial charge in [-0.25, -0.2) is 8.42 Å². The second kappa shape index (κ2) is 11.0. The monoisotopic (exact) mass is 529 g/mol. The second-order valence-corrected chi connectivity index (χ2v) is 8.73. The third-order valence-electron chi connectivity index (χ3n) is 5.01. The van der Waals surface area contributed by atoms with Gasteiger partial charge in [-0.3, -0.25) is 10.1 Å². The third-order valence-corrected chi connectivity index (χ3v) is 5.90. The van der Waals surface area contributed by atoms with E-state index in [0.717, 1.165) is 18.2 Å². The maximum atomic E-state index is 11.6. The van der Waals surface area contributed by atoms with Crippen molar-refractivity contribution in [2.24, 2.45) is 20.5 Å². The number of fused-ring (bicyclic) bond motifs is 1. The van der Waals surface area contributed by atoms with Crippen molar-refractivity contribution in [1.29, 1.82) is 0 Å². The van der Waals surface area contributed by atoms with Crippen molar-refractivity contribution in [2.75, 3.05) is 11.5 Å². The average Bonchev–Trinajstić information content (AvgIpc) is 2.82. The molecule has 15 heteroatoms. The number of nitrogens with two attached hydrogens (primary N) is 2. The number of nitrogens with zero attached hydrogens (tertiary/aromatic N) is 5. The van der Waals surface area contributed by atoms with Gasteiger partial charge < -0.3 is 21.1 Å². The van der Waals surface area contributed by atoms with E-state index in [4.69, 9.17) is 11.5 Å². The third kappa shape index (κ3) is 6.07. The van der Waals surface area contributed by atoms with Gasteiger partial charge in [-0.15, -0.1) is 20.5 Å². The number of azo groups is 2. The summed E-state index contributed by atoms with van der Waals surface area (Å²) >= 11 is 0. The van der Waals surface area contributed by atoms with Gasteiger partial charge in [0.1, 0.15) is 32.9 Å². The summed E-state index contributed by atoms with van der Waals surface area (Å²) in [5.74, 6) is -0.325. The number of phenols is 1. The number of anilines is 2. The van der Waals surface area contributed by atoms with Gasteiger partial charge in [-0.2, -0.15) is 0 Å². The number of phenolic OH excluding ortho intramolecular Hbond substituents is 1. The van der Waals surface area contributed by atoms with E-state index in [0.29, 0.717) is 5.39 Å². The van der Waals surface area contributed by atoms with E-state index in [1.165, 1.54) is 36.4 Å². The molecule has 0 saturated carbocycles. The Balaban J connectivity index is 0.00000380. The first-order valence-electron chi connectivity index (χ1n) is 10.0. The molecular weight excluding hydrogens is 513 g/mol. The van der Waals surface area contributed by atoms with Crippen LogP contribution in [0.5, 0.6) is 5.75 Å². The molecule has 0 heterocycles. The Labute approximate surface area is 231 Å². The maximum absolute atomic E-state index is 11.6. The van der Waals surface area contributed by atoms with Gasteiger partial charge in [0.05, 0.1) is 26.9 Å². The molecule has 0 aliphatic carbocycles. The predicted octanol–water partition coefficient (Wildman–Crippen LogP) is 2.36. The van der Waals surface area contributed by atoms with Crippen LogP contribution < -0.4 is 41.0 Å². The topological polar surface area (TPSA) is 222 Å². The standard InChI is InChI=1S/C22H17N7O6S.Na/c23-15-10-16(24)19(27-28-20-9-12(29(31)32)7-8-21(20)30)11-18(15)26-25-17-5-1-4-14-13(17)3-2-6-22(14)36(33,34)35;/h1-11,30H,23-24H2,(H,33,34,35);/q;+1/p-1. The van der Waals surface area contributed by atoms with Crippen LogP contribution in [-0.4, -0.2) is 23.0 Å². The smallest absolute Gasteiger partial charge is 0.744 e. The first kappa shape index (κ1) is 27.6. The number of rotatable bonds is 6. The molecule has 0 spiro atoms. The Bertz CT molecular complexity index is 1690. The number of aromatic hydroxyl groups is 1. The molecule has 182 valence electrons. The number of nitro groups is 1. The molecule has 0 fully saturated rings.